The van der Waals surface area contributed by atoms with Crippen LogP contribution >= 0.6 is 37.2 Å². The van der Waals surface area contributed by atoms with Gasteiger partial charge in [0.2, 0.25) is 0 Å². The van der Waals surface area contributed by atoms with Crippen molar-refractivity contribution in [1.29, 1.82) is 0 Å². The number of nitrogens with zero attached hydrogens (tertiary/aromatic N) is 3. The van der Waals surface area contributed by atoms with Gasteiger partial charge in [0.1, 0.15) is 0 Å². The molecule has 0 amide bonds. The Morgan fingerprint density at radius 3 is 1.00 bits per heavy atom. The molecule has 0 radical (unpaired) electrons. The van der Waals surface area contributed by atoms with E-state index in [-0.39, 0.29) is 19.6 Å². The van der Waals surface area contributed by atoms with Gasteiger partial charge in [0.15, 0.2) is 0 Å². The summed E-state index contributed by atoms with van der Waals surface area (Å²) in [4.78, 5) is 35.3. The second-order valence-corrected chi connectivity index (χ2v) is 3.47. The smallest absolute Gasteiger partial charge is 0.336 e. The van der Waals surface area contributed by atoms with Gasteiger partial charge >= 0.3 is 17.1 Å². The zero-order valence-electron chi connectivity index (χ0n) is 10.4. The van der Waals surface area contributed by atoms with Crippen LogP contribution in [0.4, 0.5) is 0 Å². The zero-order chi connectivity index (χ0) is 15.7. The summed E-state index contributed by atoms with van der Waals surface area (Å²) in [5, 5.41) is 26.4. The summed E-state index contributed by atoms with van der Waals surface area (Å²) in [6.45, 7) is -2.08. The largest absolute Gasteiger partial charge is 0.395 e. The van der Waals surface area contributed by atoms with E-state index in [1.807, 2.05) is 0 Å². The predicted octanol–water partition coefficient (Wildman–Crippen LogP) is -2.08. The van der Waals surface area contributed by atoms with Gasteiger partial charge in [0.25, 0.3) is 0 Å². The number of aliphatic hydroxyl groups excluding tert-OH is 3. The van der Waals surface area contributed by atoms with Gasteiger partial charge in [-0.3, -0.25) is 0 Å². The molecule has 20 heavy (non-hydrogen) atoms. The Labute approximate surface area is 136 Å². The molecule has 0 aromatic carbocycles. The monoisotopic (exact) mass is 515 g/mol. The van der Waals surface area contributed by atoms with Crippen molar-refractivity contribution >= 4 is 37.2 Å². The number of rotatable bonds is 6. The summed E-state index contributed by atoms with van der Waals surface area (Å²) in [5.41, 5.74) is -2.66. The SMILES string of the molecule is II.O=c1n(CCO)c(=O)n(CCO)c(=O)n1CCO. The van der Waals surface area contributed by atoms with Gasteiger partial charge in [-0.15, -0.1) is 0 Å². The summed E-state index contributed by atoms with van der Waals surface area (Å²) in [7, 11) is 0. The zero-order valence-corrected chi connectivity index (χ0v) is 14.7. The van der Waals surface area contributed by atoms with Crippen molar-refractivity contribution in [1.82, 2.24) is 13.7 Å². The molecule has 0 saturated carbocycles. The highest BCUT2D eigenvalue weighted by atomic mass is 128. The quantitative estimate of drug-likeness (QED) is 0.374. The molecule has 3 N–H and O–H groups in total. The third-order valence-corrected chi connectivity index (χ3v) is 2.36. The molecule has 0 spiro atoms. The molecule has 0 bridgehead atoms. The fraction of sp³-hybridized carbons (Fsp3) is 0.667. The molecular formula is C9H15I2N3O6. The molecule has 11 heteroatoms. The normalized spacial score (nSPS) is 10.1. The summed E-state index contributed by atoms with van der Waals surface area (Å²) in [6.07, 6.45) is 0. The van der Waals surface area contributed by atoms with E-state index in [0.717, 1.165) is 0 Å². The van der Waals surface area contributed by atoms with Crippen LogP contribution in [-0.4, -0.2) is 48.8 Å². The first-order valence-corrected chi connectivity index (χ1v) is 11.8. The predicted molar refractivity (Wildman–Crippen MR) is 88.5 cm³/mol. The van der Waals surface area contributed by atoms with Gasteiger partial charge in [-0.25, -0.2) is 28.1 Å². The fourth-order valence-corrected chi connectivity index (χ4v) is 1.56. The van der Waals surface area contributed by atoms with Crippen LogP contribution in [0.1, 0.15) is 0 Å². The van der Waals surface area contributed by atoms with Crippen molar-refractivity contribution in [3.05, 3.63) is 31.5 Å². The summed E-state index contributed by atoms with van der Waals surface area (Å²) in [6, 6.07) is 0. The van der Waals surface area contributed by atoms with Crippen molar-refractivity contribution in [2.45, 2.75) is 19.6 Å². The number of halogens is 2. The first kappa shape index (κ1) is 19.8. The highest BCUT2D eigenvalue weighted by molar-refractivity contribution is 15.0. The van der Waals surface area contributed by atoms with Gasteiger partial charge in [0.05, 0.1) is 39.5 Å². The first-order valence-electron chi connectivity index (χ1n) is 5.49. The molecule has 0 saturated heterocycles. The van der Waals surface area contributed by atoms with Crippen LogP contribution in [0, 0.1) is 0 Å². The average Bonchev–Trinajstić information content (AvgIpc) is 2.46. The lowest BCUT2D eigenvalue weighted by Gasteiger charge is -2.11. The van der Waals surface area contributed by atoms with Crippen LogP contribution in [0.3, 0.4) is 0 Å². The number of aliphatic hydroxyl groups is 3. The van der Waals surface area contributed by atoms with Crippen molar-refractivity contribution in [2.75, 3.05) is 19.8 Å². The van der Waals surface area contributed by atoms with E-state index < -0.39 is 36.9 Å². The number of hydrogen-bond donors (Lipinski definition) is 3. The Morgan fingerprint density at radius 1 is 0.650 bits per heavy atom. The van der Waals surface area contributed by atoms with Crippen molar-refractivity contribution in [3.8, 4) is 0 Å². The molecule has 0 aliphatic heterocycles. The second-order valence-electron chi connectivity index (χ2n) is 3.47. The molecule has 9 nitrogen and oxygen atoms in total. The second kappa shape index (κ2) is 10.5. The Kier molecular flexibility index (Phi) is 10.3. The molecule has 1 aromatic rings. The molecule has 1 rings (SSSR count). The first-order chi connectivity index (χ1) is 9.58. The van der Waals surface area contributed by atoms with Gasteiger partial charge in [-0.2, -0.15) is 0 Å². The van der Waals surface area contributed by atoms with Crippen molar-refractivity contribution in [3.63, 3.8) is 0 Å². The Bertz CT molecular complexity index is 467. The molecule has 1 aromatic heterocycles. The Balaban J connectivity index is 0.00000172. The van der Waals surface area contributed by atoms with Gasteiger partial charge < -0.3 is 15.3 Å². The lowest BCUT2D eigenvalue weighted by Crippen LogP contribution is -2.55. The summed E-state index contributed by atoms with van der Waals surface area (Å²) < 4.78 is 2.06. The molecule has 0 unspecified atom stereocenters. The molecule has 116 valence electrons. The maximum absolute atomic E-state index is 11.8. The topological polar surface area (TPSA) is 127 Å². The number of hydrogen-bond acceptors (Lipinski definition) is 6. The third-order valence-electron chi connectivity index (χ3n) is 2.36. The maximum Gasteiger partial charge on any atom is 0.336 e. The van der Waals surface area contributed by atoms with Crippen LogP contribution in [0.5, 0.6) is 0 Å². The van der Waals surface area contributed by atoms with Crippen LogP contribution in [0.15, 0.2) is 14.4 Å². The van der Waals surface area contributed by atoms with E-state index >= 15 is 0 Å². The van der Waals surface area contributed by atoms with E-state index in [4.69, 9.17) is 15.3 Å². The molecule has 0 fully saturated rings. The van der Waals surface area contributed by atoms with Crippen LogP contribution in [0.25, 0.3) is 0 Å². The average molecular weight is 515 g/mol. The Hall–Kier alpha value is -0.250. The summed E-state index contributed by atoms with van der Waals surface area (Å²) in [5.74, 6) is 0. The van der Waals surface area contributed by atoms with E-state index in [1.54, 1.807) is 0 Å². The minimum atomic E-state index is -0.887. The minimum Gasteiger partial charge on any atom is -0.395 e. The minimum absolute atomic E-state index is 0.255. The molecular weight excluding hydrogens is 500 g/mol. The molecule has 0 aliphatic carbocycles. The van der Waals surface area contributed by atoms with Crippen LogP contribution in [-0.2, 0) is 19.6 Å². The van der Waals surface area contributed by atoms with Crippen molar-refractivity contribution in [2.24, 2.45) is 0 Å². The van der Waals surface area contributed by atoms with E-state index in [0.29, 0.717) is 13.7 Å². The fourth-order valence-electron chi connectivity index (χ4n) is 1.56. The lowest BCUT2D eigenvalue weighted by atomic mass is 10.6. The maximum atomic E-state index is 11.8. The molecule has 1 heterocycles. The third kappa shape index (κ3) is 4.64. The Morgan fingerprint density at radius 2 is 0.850 bits per heavy atom. The van der Waals surface area contributed by atoms with Crippen LogP contribution in [0.2, 0.25) is 0 Å². The van der Waals surface area contributed by atoms with E-state index in [9.17, 15) is 14.4 Å². The van der Waals surface area contributed by atoms with Crippen LogP contribution < -0.4 is 17.1 Å². The van der Waals surface area contributed by atoms with E-state index in [1.165, 1.54) is 0 Å². The summed E-state index contributed by atoms with van der Waals surface area (Å²) >= 11 is 4.24. The van der Waals surface area contributed by atoms with Crippen molar-refractivity contribution < 1.29 is 15.3 Å². The van der Waals surface area contributed by atoms with E-state index in [2.05, 4.69) is 37.2 Å². The van der Waals surface area contributed by atoms with Gasteiger partial charge in [-0.05, 0) is 0 Å². The van der Waals surface area contributed by atoms with Gasteiger partial charge in [0, 0.05) is 37.2 Å². The highest BCUT2D eigenvalue weighted by Crippen LogP contribution is 1.89. The highest BCUT2D eigenvalue weighted by Gasteiger charge is 2.14. The molecule has 0 atom stereocenters. The van der Waals surface area contributed by atoms with Gasteiger partial charge in [-0.1, -0.05) is 0 Å². The standard InChI is InChI=1S/C9H15N3O6.I2/c13-4-1-10-7(16)11(2-5-14)9(18)12(3-6-15)8(10)17;1-2/h13-15H,1-6H2;. The lowest BCUT2D eigenvalue weighted by molar-refractivity contribution is 0.239. The number of aromatic nitrogens is 3. The molecule has 0 aliphatic rings.